The third kappa shape index (κ3) is 8.20. The molecule has 0 heterocycles. The number of ketones is 1. The van der Waals surface area contributed by atoms with Crippen molar-refractivity contribution in [3.05, 3.63) is 58.7 Å². The Bertz CT molecular complexity index is 799. The Balaban J connectivity index is 0.000000283. The van der Waals surface area contributed by atoms with E-state index in [0.29, 0.717) is 30.4 Å². The van der Waals surface area contributed by atoms with Gasteiger partial charge in [-0.3, -0.25) is 4.79 Å². The molecule has 2 rings (SSSR count). The standard InChI is InChI=1S/C11H14O4.C10H12O3/c12-6-9-3-1-8(2-4-11(14)15)5-10(9)7-13;1-7(11)2-3-8-4-5-9(12)10(13)6-8/h1,3,5,12-13H,2,4,6-7H2,(H,14,15);4-6,12-13H,2-3H2,1H3. The van der Waals surface area contributed by atoms with Crippen LogP contribution in [0.1, 0.15) is 42.0 Å². The van der Waals surface area contributed by atoms with Gasteiger partial charge in [0.05, 0.1) is 13.2 Å². The lowest BCUT2D eigenvalue weighted by Gasteiger charge is -2.07. The lowest BCUT2D eigenvalue weighted by atomic mass is 10.0. The summed E-state index contributed by atoms with van der Waals surface area (Å²) in [6.45, 7) is 1.27. The Morgan fingerprint density at radius 1 is 0.786 bits per heavy atom. The van der Waals surface area contributed by atoms with Crippen LogP contribution < -0.4 is 0 Å². The molecular formula is C21H26O7. The minimum Gasteiger partial charge on any atom is -0.504 e. The first-order chi connectivity index (χ1) is 13.3. The van der Waals surface area contributed by atoms with E-state index >= 15 is 0 Å². The van der Waals surface area contributed by atoms with E-state index in [-0.39, 0.29) is 36.9 Å². The van der Waals surface area contributed by atoms with Gasteiger partial charge >= 0.3 is 5.97 Å². The van der Waals surface area contributed by atoms with Gasteiger partial charge < -0.3 is 30.3 Å². The van der Waals surface area contributed by atoms with Gasteiger partial charge in [-0.25, -0.2) is 0 Å². The molecule has 0 bridgehead atoms. The number of aliphatic hydroxyl groups excluding tert-OH is 2. The number of carbonyl (C=O) groups excluding carboxylic acids is 1. The zero-order chi connectivity index (χ0) is 21.1. The van der Waals surface area contributed by atoms with Crippen LogP contribution in [-0.2, 0) is 35.6 Å². The molecule has 0 saturated heterocycles. The van der Waals surface area contributed by atoms with Crippen molar-refractivity contribution >= 4 is 11.8 Å². The van der Waals surface area contributed by atoms with Crippen molar-refractivity contribution in [2.75, 3.05) is 0 Å². The smallest absolute Gasteiger partial charge is 0.303 e. The first-order valence-electron chi connectivity index (χ1n) is 8.81. The molecule has 152 valence electrons. The van der Waals surface area contributed by atoms with Gasteiger partial charge in [-0.05, 0) is 54.2 Å². The fraction of sp³-hybridized carbons (Fsp3) is 0.333. The molecule has 7 nitrogen and oxygen atoms in total. The molecule has 5 N–H and O–H groups in total. The number of carboxylic acids is 1. The summed E-state index contributed by atoms with van der Waals surface area (Å²) in [6, 6.07) is 9.80. The largest absolute Gasteiger partial charge is 0.504 e. The zero-order valence-electron chi connectivity index (χ0n) is 15.8. The highest BCUT2D eigenvalue weighted by molar-refractivity contribution is 5.75. The van der Waals surface area contributed by atoms with Gasteiger partial charge in [-0.2, -0.15) is 0 Å². The molecule has 2 aromatic rings. The van der Waals surface area contributed by atoms with Crippen molar-refractivity contribution in [1.29, 1.82) is 0 Å². The van der Waals surface area contributed by atoms with E-state index in [2.05, 4.69) is 0 Å². The lowest BCUT2D eigenvalue weighted by molar-refractivity contribution is -0.137. The fourth-order valence-electron chi connectivity index (χ4n) is 2.43. The molecular weight excluding hydrogens is 364 g/mol. The Morgan fingerprint density at radius 3 is 1.89 bits per heavy atom. The Hall–Kier alpha value is -2.90. The molecule has 0 amide bonds. The first kappa shape index (κ1) is 23.1. The van der Waals surface area contributed by atoms with Crippen molar-refractivity contribution in [3.8, 4) is 11.5 Å². The van der Waals surface area contributed by atoms with E-state index in [1.54, 1.807) is 24.3 Å². The highest BCUT2D eigenvalue weighted by atomic mass is 16.4. The molecule has 2 aromatic carbocycles. The number of aromatic hydroxyl groups is 2. The van der Waals surface area contributed by atoms with Gasteiger partial charge in [0.15, 0.2) is 11.5 Å². The van der Waals surface area contributed by atoms with Crippen LogP contribution in [-0.4, -0.2) is 37.3 Å². The number of phenols is 2. The molecule has 0 aliphatic carbocycles. The van der Waals surface area contributed by atoms with Crippen molar-refractivity contribution in [2.24, 2.45) is 0 Å². The van der Waals surface area contributed by atoms with Gasteiger partial charge in [0, 0.05) is 12.8 Å². The van der Waals surface area contributed by atoms with Crippen LogP contribution >= 0.6 is 0 Å². The van der Waals surface area contributed by atoms with Crippen molar-refractivity contribution in [2.45, 2.75) is 45.8 Å². The Kier molecular flexibility index (Phi) is 9.70. The van der Waals surface area contributed by atoms with Crippen molar-refractivity contribution in [3.63, 3.8) is 0 Å². The first-order valence-corrected chi connectivity index (χ1v) is 8.81. The third-order valence-electron chi connectivity index (χ3n) is 4.04. The summed E-state index contributed by atoms with van der Waals surface area (Å²) in [5, 5.41) is 44.6. The van der Waals surface area contributed by atoms with Crippen molar-refractivity contribution < 1.29 is 35.1 Å². The second-order valence-corrected chi connectivity index (χ2v) is 6.34. The maximum atomic E-state index is 10.7. The van der Waals surface area contributed by atoms with E-state index in [4.69, 9.17) is 25.5 Å². The van der Waals surface area contributed by atoms with Crippen LogP contribution in [0.15, 0.2) is 36.4 Å². The van der Waals surface area contributed by atoms with E-state index in [0.717, 1.165) is 11.1 Å². The summed E-state index contributed by atoms with van der Waals surface area (Å²) in [5.41, 5.74) is 3.04. The number of aryl methyl sites for hydroxylation is 2. The number of benzene rings is 2. The maximum absolute atomic E-state index is 10.7. The van der Waals surface area contributed by atoms with E-state index in [1.165, 1.54) is 19.1 Å². The summed E-state index contributed by atoms with van der Waals surface area (Å²) in [7, 11) is 0. The predicted octanol–water partition coefficient (Wildman–Crippen LogP) is 2.31. The van der Waals surface area contributed by atoms with Crippen LogP contribution in [0, 0.1) is 0 Å². The van der Waals surface area contributed by atoms with Gasteiger partial charge in [0.25, 0.3) is 0 Å². The van der Waals surface area contributed by atoms with E-state index in [9.17, 15) is 9.59 Å². The Morgan fingerprint density at radius 2 is 1.36 bits per heavy atom. The number of aliphatic hydroxyl groups is 2. The molecule has 0 atom stereocenters. The number of carboxylic acid groups (broad SMARTS) is 1. The SMILES string of the molecule is CC(=O)CCc1ccc(O)c(O)c1.O=C(O)CCc1ccc(CO)c(CO)c1. The normalized spacial score (nSPS) is 10.1. The van der Waals surface area contributed by atoms with E-state index < -0.39 is 5.97 Å². The van der Waals surface area contributed by atoms with Gasteiger partial charge in [0.2, 0.25) is 0 Å². The summed E-state index contributed by atoms with van der Waals surface area (Å²) >= 11 is 0. The molecule has 0 aromatic heterocycles. The minimum atomic E-state index is -0.841. The van der Waals surface area contributed by atoms with Gasteiger partial charge in [-0.1, -0.05) is 24.3 Å². The van der Waals surface area contributed by atoms with Crippen LogP contribution in [0.5, 0.6) is 11.5 Å². The summed E-state index contributed by atoms with van der Waals surface area (Å²) in [4.78, 5) is 21.0. The predicted molar refractivity (Wildman–Crippen MR) is 103 cm³/mol. The number of hydrogen-bond acceptors (Lipinski definition) is 6. The molecule has 0 aliphatic rings. The lowest BCUT2D eigenvalue weighted by Crippen LogP contribution is -2.00. The Labute approximate surface area is 163 Å². The number of rotatable bonds is 8. The highest BCUT2D eigenvalue weighted by Crippen LogP contribution is 2.25. The number of hydrogen-bond donors (Lipinski definition) is 5. The molecule has 0 spiro atoms. The molecule has 0 radical (unpaired) electrons. The molecule has 0 saturated carbocycles. The summed E-state index contributed by atoms with van der Waals surface area (Å²) in [6.07, 6.45) is 1.57. The van der Waals surface area contributed by atoms with Gasteiger partial charge in [-0.15, -0.1) is 0 Å². The topological polar surface area (TPSA) is 135 Å². The van der Waals surface area contributed by atoms with Gasteiger partial charge in [0.1, 0.15) is 5.78 Å². The number of carbonyl (C=O) groups is 2. The molecule has 7 heteroatoms. The molecule has 0 fully saturated rings. The van der Waals surface area contributed by atoms with E-state index in [1.807, 2.05) is 0 Å². The molecule has 0 aliphatic heterocycles. The zero-order valence-corrected chi connectivity index (χ0v) is 15.8. The second kappa shape index (κ2) is 11.7. The molecule has 0 unspecified atom stereocenters. The molecule has 28 heavy (non-hydrogen) atoms. The second-order valence-electron chi connectivity index (χ2n) is 6.34. The minimum absolute atomic E-state index is 0.0728. The van der Waals surface area contributed by atoms with Crippen LogP contribution in [0.2, 0.25) is 0 Å². The number of phenolic OH excluding ortho intramolecular Hbond substituents is 2. The summed E-state index contributed by atoms with van der Waals surface area (Å²) < 4.78 is 0. The summed E-state index contributed by atoms with van der Waals surface area (Å²) in [5.74, 6) is -0.994. The van der Waals surface area contributed by atoms with Crippen LogP contribution in [0.25, 0.3) is 0 Å². The van der Waals surface area contributed by atoms with Crippen LogP contribution in [0.4, 0.5) is 0 Å². The quantitative estimate of drug-likeness (QED) is 0.436. The van der Waals surface area contributed by atoms with Crippen molar-refractivity contribution in [1.82, 2.24) is 0 Å². The average Bonchev–Trinajstić information content (AvgIpc) is 2.67. The van der Waals surface area contributed by atoms with Crippen LogP contribution in [0.3, 0.4) is 0 Å². The monoisotopic (exact) mass is 390 g/mol. The average molecular weight is 390 g/mol. The number of aliphatic carboxylic acids is 1. The highest BCUT2D eigenvalue weighted by Gasteiger charge is 2.04. The number of Topliss-reactive ketones (excluding diaryl/α,β-unsaturated/α-hetero) is 1. The maximum Gasteiger partial charge on any atom is 0.303 e. The third-order valence-corrected chi connectivity index (χ3v) is 4.04. The fourth-order valence-corrected chi connectivity index (χ4v) is 2.43.